The molecule has 1 aromatic carbocycles. The zero-order valence-electron chi connectivity index (χ0n) is 14.8. The molecule has 1 atom stereocenters. The molecular weight excluding hydrogens is 292 g/mol. The zero-order valence-corrected chi connectivity index (χ0v) is 14.8. The molecule has 0 radical (unpaired) electrons. The summed E-state index contributed by atoms with van der Waals surface area (Å²) in [5.41, 5.74) is 1.16. The van der Waals surface area contributed by atoms with Crippen LogP contribution in [0.1, 0.15) is 32.8 Å². The van der Waals surface area contributed by atoms with Crippen LogP contribution in [0.5, 0.6) is 5.75 Å². The Labute approximate surface area is 139 Å². The standard InChI is InChI=1S/C18H28N2O3/c1-6-14-8-7-9-15(11-14)23-12-17(21)19-16(10-13(2)3)18(22)20(4)5/h7-9,11,13,16H,6,10,12H2,1-5H3,(H,19,21). The first-order valence-corrected chi connectivity index (χ1v) is 8.05. The predicted octanol–water partition coefficient (Wildman–Crippen LogP) is 2.25. The molecule has 128 valence electrons. The van der Waals surface area contributed by atoms with Gasteiger partial charge in [-0.15, -0.1) is 0 Å². The molecule has 23 heavy (non-hydrogen) atoms. The molecule has 0 saturated heterocycles. The van der Waals surface area contributed by atoms with Crippen molar-refractivity contribution in [2.24, 2.45) is 5.92 Å². The summed E-state index contributed by atoms with van der Waals surface area (Å²) in [7, 11) is 3.38. The number of hydrogen-bond donors (Lipinski definition) is 1. The Balaban J connectivity index is 2.59. The average Bonchev–Trinajstić information content (AvgIpc) is 2.51. The van der Waals surface area contributed by atoms with Crippen molar-refractivity contribution in [1.82, 2.24) is 10.2 Å². The third kappa shape index (κ3) is 6.72. The van der Waals surface area contributed by atoms with Crippen LogP contribution in [0.2, 0.25) is 0 Å². The molecule has 0 aliphatic heterocycles. The molecule has 2 amide bonds. The van der Waals surface area contributed by atoms with Crippen molar-refractivity contribution >= 4 is 11.8 Å². The van der Waals surface area contributed by atoms with Crippen LogP contribution in [0, 0.1) is 5.92 Å². The maximum Gasteiger partial charge on any atom is 0.258 e. The van der Waals surface area contributed by atoms with Crippen LogP contribution in [-0.2, 0) is 16.0 Å². The third-order valence-corrected chi connectivity index (χ3v) is 3.46. The molecule has 0 aromatic heterocycles. The number of benzene rings is 1. The highest BCUT2D eigenvalue weighted by Gasteiger charge is 2.23. The topological polar surface area (TPSA) is 58.6 Å². The number of aryl methyl sites for hydroxylation is 1. The van der Waals surface area contributed by atoms with E-state index in [9.17, 15) is 9.59 Å². The van der Waals surface area contributed by atoms with E-state index in [4.69, 9.17) is 4.74 Å². The van der Waals surface area contributed by atoms with Crippen LogP contribution in [0.3, 0.4) is 0 Å². The first kappa shape index (κ1) is 19.0. The van der Waals surface area contributed by atoms with Crippen molar-refractivity contribution < 1.29 is 14.3 Å². The largest absolute Gasteiger partial charge is 0.484 e. The molecule has 1 aromatic rings. The Bertz CT molecular complexity index is 527. The average molecular weight is 320 g/mol. The van der Waals surface area contributed by atoms with Gasteiger partial charge in [0.05, 0.1) is 0 Å². The number of rotatable bonds is 8. The van der Waals surface area contributed by atoms with Crippen LogP contribution in [-0.4, -0.2) is 43.5 Å². The molecule has 0 aliphatic rings. The molecule has 5 nitrogen and oxygen atoms in total. The molecule has 0 aliphatic carbocycles. The van der Waals surface area contributed by atoms with E-state index in [1.165, 1.54) is 4.90 Å². The van der Waals surface area contributed by atoms with Crippen LogP contribution in [0.25, 0.3) is 0 Å². The summed E-state index contributed by atoms with van der Waals surface area (Å²) in [5, 5.41) is 2.77. The molecule has 5 heteroatoms. The van der Waals surface area contributed by atoms with Gasteiger partial charge in [-0.1, -0.05) is 32.9 Å². The lowest BCUT2D eigenvalue weighted by molar-refractivity contribution is -0.135. The summed E-state index contributed by atoms with van der Waals surface area (Å²) in [6.07, 6.45) is 1.52. The fraction of sp³-hybridized carbons (Fsp3) is 0.556. The molecule has 0 heterocycles. The summed E-state index contributed by atoms with van der Waals surface area (Å²) < 4.78 is 5.52. The van der Waals surface area contributed by atoms with E-state index in [1.807, 2.05) is 38.1 Å². The monoisotopic (exact) mass is 320 g/mol. The maximum atomic E-state index is 12.1. The molecule has 0 saturated carbocycles. The SMILES string of the molecule is CCc1cccc(OCC(=O)NC(CC(C)C)C(=O)N(C)C)c1. The van der Waals surface area contributed by atoms with E-state index in [0.29, 0.717) is 18.1 Å². The van der Waals surface area contributed by atoms with Gasteiger partial charge >= 0.3 is 0 Å². The molecule has 0 fully saturated rings. The lowest BCUT2D eigenvalue weighted by atomic mass is 10.0. The van der Waals surface area contributed by atoms with E-state index in [1.54, 1.807) is 14.1 Å². The number of ether oxygens (including phenoxy) is 1. The van der Waals surface area contributed by atoms with Crippen molar-refractivity contribution in [3.63, 3.8) is 0 Å². The van der Waals surface area contributed by atoms with Gasteiger partial charge in [-0.25, -0.2) is 0 Å². The van der Waals surface area contributed by atoms with Gasteiger partial charge < -0.3 is 15.0 Å². The fourth-order valence-corrected chi connectivity index (χ4v) is 2.24. The molecule has 0 bridgehead atoms. The smallest absolute Gasteiger partial charge is 0.258 e. The molecule has 1 N–H and O–H groups in total. The van der Waals surface area contributed by atoms with Crippen LogP contribution < -0.4 is 10.1 Å². The highest BCUT2D eigenvalue weighted by atomic mass is 16.5. The van der Waals surface area contributed by atoms with Gasteiger partial charge in [0.25, 0.3) is 5.91 Å². The summed E-state index contributed by atoms with van der Waals surface area (Å²) >= 11 is 0. The van der Waals surface area contributed by atoms with Gasteiger partial charge in [0.2, 0.25) is 5.91 Å². The summed E-state index contributed by atoms with van der Waals surface area (Å²) in [6.45, 7) is 6.02. The van der Waals surface area contributed by atoms with Gasteiger partial charge in [-0.05, 0) is 36.5 Å². The second-order valence-electron chi connectivity index (χ2n) is 6.27. The highest BCUT2D eigenvalue weighted by molar-refractivity contribution is 5.87. The van der Waals surface area contributed by atoms with Gasteiger partial charge in [0, 0.05) is 14.1 Å². The zero-order chi connectivity index (χ0) is 17.4. The molecular formula is C18H28N2O3. The van der Waals surface area contributed by atoms with Crippen LogP contribution in [0.4, 0.5) is 0 Å². The van der Waals surface area contributed by atoms with E-state index in [0.717, 1.165) is 12.0 Å². The minimum Gasteiger partial charge on any atom is -0.484 e. The number of carbonyl (C=O) groups excluding carboxylic acids is 2. The van der Waals surface area contributed by atoms with E-state index >= 15 is 0 Å². The predicted molar refractivity (Wildman–Crippen MR) is 91.4 cm³/mol. The lowest BCUT2D eigenvalue weighted by Crippen LogP contribution is -2.48. The maximum absolute atomic E-state index is 12.1. The van der Waals surface area contributed by atoms with Crippen molar-refractivity contribution in [3.05, 3.63) is 29.8 Å². The van der Waals surface area contributed by atoms with Crippen molar-refractivity contribution in [1.29, 1.82) is 0 Å². The van der Waals surface area contributed by atoms with Gasteiger partial charge in [0.1, 0.15) is 11.8 Å². The van der Waals surface area contributed by atoms with Gasteiger partial charge in [0.15, 0.2) is 6.61 Å². The van der Waals surface area contributed by atoms with Crippen LogP contribution >= 0.6 is 0 Å². The Morgan fingerprint density at radius 1 is 1.26 bits per heavy atom. The Kier molecular flexibility index (Phi) is 7.59. The number of nitrogens with zero attached hydrogens (tertiary/aromatic N) is 1. The van der Waals surface area contributed by atoms with Crippen molar-refractivity contribution in [3.8, 4) is 5.75 Å². The number of nitrogens with one attached hydrogen (secondary N) is 1. The summed E-state index contributed by atoms with van der Waals surface area (Å²) in [5.74, 6) is 0.595. The summed E-state index contributed by atoms with van der Waals surface area (Å²) in [6, 6.07) is 7.15. The minimum absolute atomic E-state index is 0.0948. The van der Waals surface area contributed by atoms with E-state index in [2.05, 4.69) is 12.2 Å². The first-order chi connectivity index (χ1) is 10.8. The van der Waals surface area contributed by atoms with Gasteiger partial charge in [-0.3, -0.25) is 9.59 Å². The molecule has 1 unspecified atom stereocenters. The molecule has 0 spiro atoms. The number of amides is 2. The number of carbonyl (C=O) groups is 2. The first-order valence-electron chi connectivity index (χ1n) is 8.05. The Morgan fingerprint density at radius 2 is 1.96 bits per heavy atom. The number of hydrogen-bond acceptors (Lipinski definition) is 3. The normalized spacial score (nSPS) is 11.9. The van der Waals surface area contributed by atoms with E-state index < -0.39 is 6.04 Å². The van der Waals surface area contributed by atoms with E-state index in [-0.39, 0.29) is 18.4 Å². The minimum atomic E-state index is -0.511. The fourth-order valence-electron chi connectivity index (χ4n) is 2.24. The van der Waals surface area contributed by atoms with Crippen LogP contribution in [0.15, 0.2) is 24.3 Å². The van der Waals surface area contributed by atoms with Crippen molar-refractivity contribution in [2.45, 2.75) is 39.7 Å². The quantitative estimate of drug-likeness (QED) is 0.799. The Hall–Kier alpha value is -2.04. The molecule has 1 rings (SSSR count). The second-order valence-corrected chi connectivity index (χ2v) is 6.27. The van der Waals surface area contributed by atoms with Crippen molar-refractivity contribution in [2.75, 3.05) is 20.7 Å². The second kappa shape index (κ2) is 9.18. The van der Waals surface area contributed by atoms with Gasteiger partial charge in [-0.2, -0.15) is 0 Å². The highest BCUT2D eigenvalue weighted by Crippen LogP contribution is 2.13. The summed E-state index contributed by atoms with van der Waals surface area (Å²) in [4.78, 5) is 25.7. The number of likely N-dealkylation sites (N-methyl/N-ethyl adjacent to an activating group) is 1. The third-order valence-electron chi connectivity index (χ3n) is 3.46. The lowest BCUT2D eigenvalue weighted by Gasteiger charge is -2.23. The Morgan fingerprint density at radius 3 is 2.52 bits per heavy atom.